The smallest absolute Gasteiger partial charge is 0.134 e. The van der Waals surface area contributed by atoms with Gasteiger partial charge in [0.15, 0.2) is 0 Å². The van der Waals surface area contributed by atoms with E-state index in [1.807, 2.05) is 0 Å². The van der Waals surface area contributed by atoms with Crippen molar-refractivity contribution in [2.24, 2.45) is 0 Å². The zero-order chi connectivity index (χ0) is 22.4. The molecular weight excluding hydrogens is 437 g/mol. The molecule has 0 radical (unpaired) electrons. The standard InChI is InChI=1S/C19H48O6Si4/c1-13(27-16(20-4)21-5)10-19(26,11-14(2)28-17(22-6)23-7)12-15(3)29-18(24-8)25-9/h13-18H,10-12,27-29H2,1-9,26H3. The molecule has 0 N–H and O–H groups in total. The lowest BCUT2D eigenvalue weighted by Crippen LogP contribution is -2.31. The molecule has 0 aliphatic heterocycles. The Morgan fingerprint density at radius 2 is 0.759 bits per heavy atom. The third-order valence-corrected chi connectivity index (χ3v) is 13.5. The highest BCUT2D eigenvalue weighted by Gasteiger charge is 2.33. The summed E-state index contributed by atoms with van der Waals surface area (Å²) in [7, 11) is 10.4. The predicted octanol–water partition coefficient (Wildman–Crippen LogP) is 0.342. The van der Waals surface area contributed by atoms with Crippen LogP contribution in [0, 0.1) is 0 Å². The largest absolute Gasteiger partial charge is 0.360 e. The molecule has 0 aliphatic rings. The summed E-state index contributed by atoms with van der Waals surface area (Å²) in [6, 6.07) is 0. The number of hydrogen-bond acceptors (Lipinski definition) is 6. The summed E-state index contributed by atoms with van der Waals surface area (Å²) in [4.78, 5) is 0. The van der Waals surface area contributed by atoms with Crippen LogP contribution in [0.15, 0.2) is 0 Å². The molecule has 176 valence electrons. The molecule has 0 spiro atoms. The molecule has 0 bridgehead atoms. The van der Waals surface area contributed by atoms with Gasteiger partial charge in [0.25, 0.3) is 0 Å². The van der Waals surface area contributed by atoms with E-state index in [1.165, 1.54) is 29.5 Å². The van der Waals surface area contributed by atoms with Crippen LogP contribution >= 0.6 is 0 Å². The maximum atomic E-state index is 5.51. The lowest BCUT2D eigenvalue weighted by Gasteiger charge is -2.38. The fourth-order valence-electron chi connectivity index (χ4n) is 4.88. The van der Waals surface area contributed by atoms with Crippen LogP contribution in [0.2, 0.25) is 21.7 Å². The van der Waals surface area contributed by atoms with Crippen molar-refractivity contribution >= 4 is 38.8 Å². The Bertz CT molecular complexity index is 340. The van der Waals surface area contributed by atoms with Crippen LogP contribution in [0.25, 0.3) is 0 Å². The van der Waals surface area contributed by atoms with Crippen molar-refractivity contribution in [3.05, 3.63) is 0 Å². The summed E-state index contributed by atoms with van der Waals surface area (Å²) in [5, 5.41) is 0.426. The summed E-state index contributed by atoms with van der Waals surface area (Å²) in [6.45, 7) is 7.19. The van der Waals surface area contributed by atoms with Gasteiger partial charge in [0.2, 0.25) is 0 Å². The predicted molar refractivity (Wildman–Crippen MR) is 134 cm³/mol. The Kier molecular flexibility index (Phi) is 16.6. The molecule has 0 heterocycles. The van der Waals surface area contributed by atoms with Gasteiger partial charge in [-0.25, -0.2) is 0 Å². The Balaban J connectivity index is 5.17. The van der Waals surface area contributed by atoms with E-state index in [4.69, 9.17) is 28.4 Å². The highest BCUT2D eigenvalue weighted by Crippen LogP contribution is 2.47. The van der Waals surface area contributed by atoms with Crippen molar-refractivity contribution < 1.29 is 28.4 Å². The van der Waals surface area contributed by atoms with Crippen molar-refractivity contribution in [3.63, 3.8) is 0 Å². The number of rotatable bonds is 18. The van der Waals surface area contributed by atoms with E-state index in [0.29, 0.717) is 21.7 Å². The first-order valence-corrected chi connectivity index (χ1v) is 16.7. The van der Waals surface area contributed by atoms with Gasteiger partial charge in [0.05, 0.1) is 28.6 Å². The quantitative estimate of drug-likeness (QED) is 0.207. The summed E-state index contributed by atoms with van der Waals surface area (Å²) in [5.74, 6) is 0.0618. The van der Waals surface area contributed by atoms with Crippen molar-refractivity contribution in [1.82, 2.24) is 0 Å². The Labute approximate surface area is 189 Å². The molecular formula is C19H48O6Si4. The Morgan fingerprint density at radius 3 is 0.931 bits per heavy atom. The lowest BCUT2D eigenvalue weighted by atomic mass is 9.91. The van der Waals surface area contributed by atoms with Gasteiger partial charge in [-0.1, -0.05) is 40.0 Å². The highest BCUT2D eigenvalue weighted by molar-refractivity contribution is 6.40. The molecule has 0 rings (SSSR count). The minimum atomic E-state index is -0.458. The van der Waals surface area contributed by atoms with Gasteiger partial charge < -0.3 is 28.4 Å². The zero-order valence-electron chi connectivity index (χ0n) is 20.7. The van der Waals surface area contributed by atoms with Gasteiger partial charge in [0, 0.05) is 52.9 Å². The average Bonchev–Trinajstić information content (AvgIpc) is 2.67. The molecule has 6 nitrogen and oxygen atoms in total. The first-order chi connectivity index (χ1) is 13.7. The second kappa shape index (κ2) is 16.3. The molecule has 0 aromatic heterocycles. The summed E-state index contributed by atoms with van der Waals surface area (Å²) >= 11 is 0. The highest BCUT2D eigenvalue weighted by atomic mass is 28.2. The molecule has 0 amide bonds. The minimum Gasteiger partial charge on any atom is -0.360 e. The van der Waals surface area contributed by atoms with Gasteiger partial charge in [-0.05, 0) is 21.7 Å². The van der Waals surface area contributed by atoms with Crippen molar-refractivity contribution in [1.29, 1.82) is 0 Å². The first-order valence-electron chi connectivity index (χ1n) is 10.8. The Morgan fingerprint density at radius 1 is 0.552 bits per heavy atom. The molecule has 0 aliphatic carbocycles. The molecule has 10 heteroatoms. The van der Waals surface area contributed by atoms with Crippen LogP contribution in [0.1, 0.15) is 40.0 Å². The van der Waals surface area contributed by atoms with Crippen molar-refractivity contribution in [2.75, 3.05) is 42.7 Å². The topological polar surface area (TPSA) is 55.4 Å². The normalized spacial score (nSPS) is 19.0. The molecule has 0 fully saturated rings. The number of methoxy groups -OCH3 is 6. The molecule has 0 saturated heterocycles. The van der Waals surface area contributed by atoms with Crippen molar-refractivity contribution in [3.8, 4) is 0 Å². The third kappa shape index (κ3) is 12.9. The second-order valence-electron chi connectivity index (χ2n) is 9.15. The van der Waals surface area contributed by atoms with Crippen molar-refractivity contribution in [2.45, 2.75) is 79.4 Å². The van der Waals surface area contributed by atoms with E-state index in [-0.39, 0.29) is 17.7 Å². The zero-order valence-corrected chi connectivity index (χ0v) is 26.9. The summed E-state index contributed by atoms with van der Waals surface area (Å²) in [5.41, 5.74) is 2.09. The van der Waals surface area contributed by atoms with E-state index in [1.54, 1.807) is 42.7 Å². The first kappa shape index (κ1) is 29.6. The summed E-state index contributed by atoms with van der Waals surface area (Å²) < 4.78 is 33.1. The van der Waals surface area contributed by atoms with Crippen LogP contribution < -0.4 is 0 Å². The minimum absolute atomic E-state index is 0.0206. The van der Waals surface area contributed by atoms with Gasteiger partial charge in [-0.2, -0.15) is 0 Å². The second-order valence-corrected chi connectivity index (χ2v) is 18.9. The molecule has 3 unspecified atom stereocenters. The molecule has 0 aromatic carbocycles. The van der Waals surface area contributed by atoms with E-state index in [9.17, 15) is 0 Å². The maximum Gasteiger partial charge on any atom is 0.134 e. The molecule has 0 aromatic rings. The van der Waals surface area contributed by atoms with E-state index in [2.05, 4.69) is 20.8 Å². The summed E-state index contributed by atoms with van der Waals surface area (Å²) in [6.07, 6.45) is 3.84. The van der Waals surface area contributed by atoms with Crippen LogP contribution in [0.4, 0.5) is 0 Å². The number of hydrogen-bond donors (Lipinski definition) is 0. The fraction of sp³-hybridized carbons (Fsp3) is 1.00. The monoisotopic (exact) mass is 484 g/mol. The van der Waals surface area contributed by atoms with Gasteiger partial charge in [-0.15, -0.1) is 0 Å². The number of ether oxygens (including phenoxy) is 6. The van der Waals surface area contributed by atoms with Crippen LogP contribution in [-0.4, -0.2) is 99.2 Å². The molecule has 0 saturated carbocycles. The van der Waals surface area contributed by atoms with Gasteiger partial charge >= 0.3 is 0 Å². The lowest BCUT2D eigenvalue weighted by molar-refractivity contribution is -0.0451. The van der Waals surface area contributed by atoms with E-state index < -0.39 is 28.6 Å². The molecule has 29 heavy (non-hydrogen) atoms. The SMILES string of the molecule is COC(OC)[SiH2]C(C)CC([SiH3])(CC(C)[SiH2]C(OC)OC)CC(C)[SiH2]C(OC)OC. The van der Waals surface area contributed by atoms with Crippen LogP contribution in [0.3, 0.4) is 0 Å². The molecule has 3 atom stereocenters. The van der Waals surface area contributed by atoms with Crippen LogP contribution in [0.5, 0.6) is 0 Å². The third-order valence-electron chi connectivity index (χ3n) is 5.89. The van der Waals surface area contributed by atoms with Gasteiger partial charge in [0.1, 0.15) is 17.7 Å². The Hall–Kier alpha value is 0.628. The van der Waals surface area contributed by atoms with E-state index >= 15 is 0 Å². The van der Waals surface area contributed by atoms with E-state index in [0.717, 1.165) is 0 Å². The fourth-order valence-corrected chi connectivity index (χ4v) is 14.4. The maximum absolute atomic E-state index is 5.51. The van der Waals surface area contributed by atoms with Gasteiger partial charge in [-0.3, -0.25) is 0 Å². The van der Waals surface area contributed by atoms with Crippen LogP contribution in [-0.2, 0) is 28.4 Å². The average molecular weight is 485 g/mol.